The number of carbonyl (C=O) groups is 2. The first-order valence-electron chi connectivity index (χ1n) is 9.01. The van der Waals surface area contributed by atoms with Gasteiger partial charge in [0.05, 0.1) is 11.9 Å². The zero-order valence-corrected chi connectivity index (χ0v) is 20.8. The summed E-state index contributed by atoms with van der Waals surface area (Å²) >= 11 is 6.71. The molecule has 0 saturated heterocycles. The molecule has 0 saturated carbocycles. The number of benzene rings is 2. The van der Waals surface area contributed by atoms with Gasteiger partial charge in [-0.3, -0.25) is 13.9 Å². The summed E-state index contributed by atoms with van der Waals surface area (Å²) in [6, 6.07) is 13.2. The highest BCUT2D eigenvalue weighted by Gasteiger charge is 2.29. The molecule has 0 aliphatic carbocycles. The SMILES string of the molecule is CNC(=O)[C@@H](C)N(Cc1cccc(Br)c1)C(=O)CN(c1ccc(Br)cc1)S(C)(=O)=O. The molecule has 0 aliphatic rings. The summed E-state index contributed by atoms with van der Waals surface area (Å²) in [5, 5.41) is 2.54. The van der Waals surface area contributed by atoms with Crippen LogP contribution >= 0.6 is 31.9 Å². The molecule has 0 unspecified atom stereocenters. The largest absolute Gasteiger partial charge is 0.357 e. The van der Waals surface area contributed by atoms with Gasteiger partial charge >= 0.3 is 0 Å². The van der Waals surface area contributed by atoms with Crippen LogP contribution in [0.2, 0.25) is 0 Å². The van der Waals surface area contributed by atoms with Crippen molar-refractivity contribution in [1.29, 1.82) is 0 Å². The van der Waals surface area contributed by atoms with Gasteiger partial charge in [-0.2, -0.15) is 0 Å². The molecule has 2 amide bonds. The van der Waals surface area contributed by atoms with Gasteiger partial charge in [0.15, 0.2) is 0 Å². The average molecular weight is 561 g/mol. The van der Waals surface area contributed by atoms with Crippen LogP contribution in [0.25, 0.3) is 0 Å². The molecule has 0 fully saturated rings. The van der Waals surface area contributed by atoms with Crippen molar-refractivity contribution in [2.45, 2.75) is 19.5 Å². The summed E-state index contributed by atoms with van der Waals surface area (Å²) in [6.07, 6.45) is 1.04. The van der Waals surface area contributed by atoms with Crippen molar-refractivity contribution in [2.24, 2.45) is 0 Å². The van der Waals surface area contributed by atoms with Crippen LogP contribution in [0.3, 0.4) is 0 Å². The summed E-state index contributed by atoms with van der Waals surface area (Å²) < 4.78 is 27.5. The van der Waals surface area contributed by atoms with Gasteiger partial charge in [0.1, 0.15) is 12.6 Å². The maximum Gasteiger partial charge on any atom is 0.244 e. The molecule has 2 aromatic rings. The number of hydrogen-bond acceptors (Lipinski definition) is 4. The molecule has 30 heavy (non-hydrogen) atoms. The number of sulfonamides is 1. The Morgan fingerprint density at radius 1 is 1.07 bits per heavy atom. The maximum atomic E-state index is 13.2. The van der Waals surface area contributed by atoms with Crippen molar-refractivity contribution in [2.75, 3.05) is 24.2 Å². The third kappa shape index (κ3) is 6.55. The van der Waals surface area contributed by atoms with E-state index in [2.05, 4.69) is 37.2 Å². The summed E-state index contributed by atoms with van der Waals surface area (Å²) in [5.41, 5.74) is 1.17. The quantitative estimate of drug-likeness (QED) is 0.537. The van der Waals surface area contributed by atoms with Gasteiger partial charge in [-0.15, -0.1) is 0 Å². The van der Waals surface area contributed by atoms with Crippen molar-refractivity contribution >= 4 is 59.4 Å². The minimum Gasteiger partial charge on any atom is -0.357 e. The number of anilines is 1. The minimum atomic E-state index is -3.73. The van der Waals surface area contributed by atoms with Gasteiger partial charge < -0.3 is 10.2 Å². The Hall–Kier alpha value is -1.91. The van der Waals surface area contributed by atoms with Crippen molar-refractivity contribution in [1.82, 2.24) is 10.2 Å². The van der Waals surface area contributed by atoms with Crippen molar-refractivity contribution in [3.63, 3.8) is 0 Å². The van der Waals surface area contributed by atoms with Gasteiger partial charge in [-0.1, -0.05) is 44.0 Å². The van der Waals surface area contributed by atoms with Crippen molar-refractivity contribution < 1.29 is 18.0 Å². The Balaban J connectivity index is 2.36. The molecule has 0 bridgehead atoms. The molecule has 1 atom stereocenters. The van der Waals surface area contributed by atoms with Gasteiger partial charge in [-0.25, -0.2) is 8.42 Å². The van der Waals surface area contributed by atoms with Crippen LogP contribution in [-0.4, -0.2) is 51.0 Å². The molecule has 0 aromatic heterocycles. The fourth-order valence-corrected chi connectivity index (χ4v) is 4.41. The van der Waals surface area contributed by atoms with Gasteiger partial charge in [0.25, 0.3) is 0 Å². The van der Waals surface area contributed by atoms with Gasteiger partial charge in [-0.05, 0) is 48.9 Å². The summed E-state index contributed by atoms with van der Waals surface area (Å²) in [7, 11) is -2.24. The first-order chi connectivity index (χ1) is 14.0. The number of nitrogens with one attached hydrogen (secondary N) is 1. The smallest absolute Gasteiger partial charge is 0.244 e. The Kier molecular flexibility index (Phi) is 8.45. The van der Waals surface area contributed by atoms with Crippen LogP contribution in [0.4, 0.5) is 5.69 Å². The molecule has 10 heteroatoms. The van der Waals surface area contributed by atoms with E-state index in [0.29, 0.717) is 5.69 Å². The summed E-state index contributed by atoms with van der Waals surface area (Å²) in [4.78, 5) is 26.8. The minimum absolute atomic E-state index is 0.158. The summed E-state index contributed by atoms with van der Waals surface area (Å²) in [5.74, 6) is -0.827. The fraction of sp³-hybridized carbons (Fsp3) is 0.300. The van der Waals surface area contributed by atoms with Crippen LogP contribution in [0, 0.1) is 0 Å². The number of carbonyl (C=O) groups excluding carboxylic acids is 2. The molecule has 7 nitrogen and oxygen atoms in total. The Morgan fingerprint density at radius 2 is 1.70 bits per heavy atom. The number of hydrogen-bond donors (Lipinski definition) is 1. The van der Waals surface area contributed by atoms with Crippen molar-refractivity contribution in [3.05, 3.63) is 63.0 Å². The molecule has 0 radical (unpaired) electrons. The highest BCUT2D eigenvalue weighted by Crippen LogP contribution is 2.22. The zero-order valence-electron chi connectivity index (χ0n) is 16.8. The first kappa shape index (κ1) is 24.4. The van der Waals surface area contributed by atoms with Gasteiger partial charge in [0, 0.05) is 22.5 Å². The van der Waals surface area contributed by atoms with Crippen LogP contribution in [0.5, 0.6) is 0 Å². The van der Waals surface area contributed by atoms with E-state index in [9.17, 15) is 18.0 Å². The standard InChI is InChI=1S/C20H23Br2N3O4S/c1-14(20(27)23-2)24(12-15-5-4-6-17(22)11-15)19(26)13-25(30(3,28)29)18-9-7-16(21)8-10-18/h4-11,14H,12-13H2,1-3H3,(H,23,27)/t14-/m1/s1. The molecular weight excluding hydrogens is 538 g/mol. The lowest BCUT2D eigenvalue weighted by molar-refractivity contribution is -0.139. The topological polar surface area (TPSA) is 86.8 Å². The van der Waals surface area contributed by atoms with Crippen LogP contribution in [-0.2, 0) is 26.2 Å². The molecule has 162 valence electrons. The Morgan fingerprint density at radius 3 is 2.23 bits per heavy atom. The molecule has 0 aliphatic heterocycles. The van der Waals surface area contributed by atoms with E-state index in [1.54, 1.807) is 31.2 Å². The number of likely N-dealkylation sites (N-methyl/N-ethyl adjacent to an activating group) is 1. The number of halogens is 2. The van der Waals surface area contributed by atoms with Gasteiger partial charge in [0.2, 0.25) is 21.8 Å². The normalized spacial score (nSPS) is 12.2. The lowest BCUT2D eigenvalue weighted by Gasteiger charge is -2.31. The van der Waals surface area contributed by atoms with E-state index in [1.807, 2.05) is 24.3 Å². The monoisotopic (exact) mass is 559 g/mol. The fourth-order valence-electron chi connectivity index (χ4n) is 2.84. The van der Waals surface area contributed by atoms with E-state index in [4.69, 9.17) is 0 Å². The van der Waals surface area contributed by atoms with Crippen LogP contribution in [0.15, 0.2) is 57.5 Å². The predicted molar refractivity (Wildman–Crippen MR) is 125 cm³/mol. The molecule has 1 N–H and O–H groups in total. The second kappa shape index (κ2) is 10.4. The van der Waals surface area contributed by atoms with Crippen LogP contribution < -0.4 is 9.62 Å². The average Bonchev–Trinajstić information content (AvgIpc) is 2.69. The van der Waals surface area contributed by atoms with Crippen molar-refractivity contribution in [3.8, 4) is 0 Å². The molecule has 0 spiro atoms. The summed E-state index contributed by atoms with van der Waals surface area (Å²) in [6.45, 7) is 1.35. The van der Waals surface area contributed by atoms with Crippen LogP contribution in [0.1, 0.15) is 12.5 Å². The van der Waals surface area contributed by atoms with E-state index in [-0.39, 0.29) is 12.5 Å². The first-order valence-corrected chi connectivity index (χ1v) is 12.4. The highest BCUT2D eigenvalue weighted by molar-refractivity contribution is 9.10. The highest BCUT2D eigenvalue weighted by atomic mass is 79.9. The van der Waals surface area contributed by atoms with E-state index >= 15 is 0 Å². The predicted octanol–water partition coefficient (Wildman–Crippen LogP) is 3.14. The molecule has 2 aromatic carbocycles. The molecule has 0 heterocycles. The van der Waals surface area contributed by atoms with E-state index in [1.165, 1.54) is 11.9 Å². The zero-order chi connectivity index (χ0) is 22.5. The molecule has 2 rings (SSSR count). The lowest BCUT2D eigenvalue weighted by Crippen LogP contribution is -2.50. The number of rotatable bonds is 8. The number of amides is 2. The number of nitrogens with zero attached hydrogens (tertiary/aromatic N) is 2. The van der Waals surface area contributed by atoms with E-state index < -0.39 is 28.5 Å². The third-order valence-corrected chi connectivity index (χ3v) is 6.61. The van der Waals surface area contributed by atoms with E-state index in [0.717, 1.165) is 25.1 Å². The second-order valence-corrected chi connectivity index (χ2v) is 10.4. The molecular formula is C20H23Br2N3O4S. The lowest BCUT2D eigenvalue weighted by atomic mass is 10.1. The second-order valence-electron chi connectivity index (χ2n) is 6.69. The Labute approximate surface area is 193 Å². The Bertz CT molecular complexity index is 1010. The third-order valence-electron chi connectivity index (χ3n) is 4.45. The maximum absolute atomic E-state index is 13.2.